The van der Waals surface area contributed by atoms with Gasteiger partial charge in [0.2, 0.25) is 0 Å². The van der Waals surface area contributed by atoms with Gasteiger partial charge in [-0.1, -0.05) is 6.07 Å². The zero-order chi connectivity index (χ0) is 11.3. The van der Waals surface area contributed by atoms with E-state index < -0.39 is 0 Å². The van der Waals surface area contributed by atoms with E-state index in [1.54, 1.807) is 23.9 Å². The second-order valence-corrected chi connectivity index (χ2v) is 4.16. The molecule has 0 radical (unpaired) electrons. The molecular weight excluding hydrogens is 212 g/mol. The van der Waals surface area contributed by atoms with E-state index in [1.165, 1.54) is 6.07 Å². The summed E-state index contributed by atoms with van der Waals surface area (Å²) >= 11 is 1.74. The van der Waals surface area contributed by atoms with Gasteiger partial charge in [0.1, 0.15) is 0 Å². The number of benzene rings is 1. The first-order valence-electron chi connectivity index (χ1n) is 4.63. The van der Waals surface area contributed by atoms with Crippen molar-refractivity contribution < 1.29 is 4.92 Å². The lowest BCUT2D eigenvalue weighted by Crippen LogP contribution is -2.05. The molecule has 0 spiro atoms. The SMILES string of the molecule is CSCCNc1cc([N+](=O)[O-])ccc1C. The first-order chi connectivity index (χ1) is 7.15. The van der Waals surface area contributed by atoms with E-state index in [0.717, 1.165) is 23.5 Å². The lowest BCUT2D eigenvalue weighted by molar-refractivity contribution is -0.384. The molecule has 5 heteroatoms. The second-order valence-electron chi connectivity index (χ2n) is 3.18. The smallest absolute Gasteiger partial charge is 0.271 e. The van der Waals surface area contributed by atoms with Crippen LogP contribution in [-0.4, -0.2) is 23.5 Å². The molecule has 0 aliphatic carbocycles. The number of aryl methyl sites for hydroxylation is 1. The molecule has 1 aromatic rings. The molecular formula is C10H14N2O2S. The van der Waals surface area contributed by atoms with E-state index in [1.807, 2.05) is 13.2 Å². The third-order valence-electron chi connectivity index (χ3n) is 2.05. The summed E-state index contributed by atoms with van der Waals surface area (Å²) in [4.78, 5) is 10.2. The van der Waals surface area contributed by atoms with Crippen LogP contribution in [0.4, 0.5) is 11.4 Å². The van der Waals surface area contributed by atoms with Crippen molar-refractivity contribution in [1.82, 2.24) is 0 Å². The molecule has 82 valence electrons. The van der Waals surface area contributed by atoms with Gasteiger partial charge in [-0.3, -0.25) is 10.1 Å². The fourth-order valence-electron chi connectivity index (χ4n) is 1.20. The molecule has 0 aliphatic heterocycles. The summed E-state index contributed by atoms with van der Waals surface area (Å²) < 4.78 is 0. The number of hydrogen-bond acceptors (Lipinski definition) is 4. The van der Waals surface area contributed by atoms with E-state index in [4.69, 9.17) is 0 Å². The summed E-state index contributed by atoms with van der Waals surface area (Å²) in [6.07, 6.45) is 2.03. The first-order valence-corrected chi connectivity index (χ1v) is 6.02. The summed E-state index contributed by atoms with van der Waals surface area (Å²) in [7, 11) is 0. The third-order valence-corrected chi connectivity index (χ3v) is 2.67. The minimum atomic E-state index is -0.376. The van der Waals surface area contributed by atoms with Crippen LogP contribution in [0, 0.1) is 17.0 Å². The first kappa shape index (κ1) is 11.8. The Hall–Kier alpha value is -1.23. The lowest BCUT2D eigenvalue weighted by atomic mass is 10.2. The third kappa shape index (κ3) is 3.43. The molecule has 0 unspecified atom stereocenters. The molecule has 0 saturated heterocycles. The number of nitrogens with zero attached hydrogens (tertiary/aromatic N) is 1. The average molecular weight is 226 g/mol. The van der Waals surface area contributed by atoms with Gasteiger partial charge >= 0.3 is 0 Å². The van der Waals surface area contributed by atoms with Crippen molar-refractivity contribution in [2.45, 2.75) is 6.92 Å². The topological polar surface area (TPSA) is 55.2 Å². The van der Waals surface area contributed by atoms with Gasteiger partial charge in [-0.05, 0) is 18.7 Å². The normalized spacial score (nSPS) is 10.0. The van der Waals surface area contributed by atoms with Crippen molar-refractivity contribution >= 4 is 23.1 Å². The molecule has 0 saturated carbocycles. The van der Waals surface area contributed by atoms with Gasteiger partial charge in [0.25, 0.3) is 5.69 Å². The van der Waals surface area contributed by atoms with Gasteiger partial charge in [0.15, 0.2) is 0 Å². The Morgan fingerprint density at radius 2 is 2.27 bits per heavy atom. The molecule has 0 aromatic heterocycles. The van der Waals surface area contributed by atoms with Crippen LogP contribution in [0.15, 0.2) is 18.2 Å². The standard InChI is InChI=1S/C10H14N2O2S/c1-8-3-4-9(12(13)14)7-10(8)11-5-6-15-2/h3-4,7,11H,5-6H2,1-2H3. The molecule has 0 fully saturated rings. The molecule has 0 bridgehead atoms. The number of anilines is 1. The van der Waals surface area contributed by atoms with Crippen LogP contribution in [0.3, 0.4) is 0 Å². The highest BCUT2D eigenvalue weighted by Crippen LogP contribution is 2.21. The zero-order valence-corrected chi connectivity index (χ0v) is 9.63. The van der Waals surface area contributed by atoms with Crippen LogP contribution in [0.1, 0.15) is 5.56 Å². The molecule has 1 aromatic carbocycles. The van der Waals surface area contributed by atoms with Crippen LogP contribution in [0.5, 0.6) is 0 Å². The van der Waals surface area contributed by atoms with E-state index in [-0.39, 0.29) is 10.6 Å². The molecule has 0 heterocycles. The highest BCUT2D eigenvalue weighted by atomic mass is 32.2. The van der Waals surface area contributed by atoms with Crippen LogP contribution < -0.4 is 5.32 Å². The maximum atomic E-state index is 10.6. The van der Waals surface area contributed by atoms with Gasteiger partial charge in [-0.2, -0.15) is 11.8 Å². The molecule has 0 atom stereocenters. The van der Waals surface area contributed by atoms with E-state index in [2.05, 4.69) is 5.32 Å². The maximum Gasteiger partial charge on any atom is 0.271 e. The summed E-state index contributed by atoms with van der Waals surface area (Å²) in [6, 6.07) is 4.87. The fourth-order valence-corrected chi connectivity index (χ4v) is 1.51. The quantitative estimate of drug-likeness (QED) is 0.476. The van der Waals surface area contributed by atoms with Gasteiger partial charge in [-0.15, -0.1) is 0 Å². The average Bonchev–Trinajstić information content (AvgIpc) is 2.20. The van der Waals surface area contributed by atoms with Crippen molar-refractivity contribution in [3.8, 4) is 0 Å². The van der Waals surface area contributed by atoms with Crippen LogP contribution in [0.2, 0.25) is 0 Å². The second kappa shape index (κ2) is 5.60. The number of rotatable bonds is 5. The van der Waals surface area contributed by atoms with Crippen LogP contribution >= 0.6 is 11.8 Å². The number of nitrogens with one attached hydrogen (secondary N) is 1. The largest absolute Gasteiger partial charge is 0.384 e. The summed E-state index contributed by atoms with van der Waals surface area (Å²) in [5.74, 6) is 0.988. The number of non-ortho nitro benzene ring substituents is 1. The highest BCUT2D eigenvalue weighted by Gasteiger charge is 2.07. The number of nitro benzene ring substituents is 1. The lowest BCUT2D eigenvalue weighted by Gasteiger charge is -2.08. The van der Waals surface area contributed by atoms with Crippen molar-refractivity contribution in [2.75, 3.05) is 23.9 Å². The Balaban J connectivity index is 2.76. The van der Waals surface area contributed by atoms with Crippen molar-refractivity contribution in [1.29, 1.82) is 0 Å². The Morgan fingerprint density at radius 1 is 1.53 bits per heavy atom. The van der Waals surface area contributed by atoms with E-state index in [0.29, 0.717) is 0 Å². The molecule has 4 nitrogen and oxygen atoms in total. The van der Waals surface area contributed by atoms with E-state index in [9.17, 15) is 10.1 Å². The minimum absolute atomic E-state index is 0.132. The molecule has 0 aliphatic rings. The fraction of sp³-hybridized carbons (Fsp3) is 0.400. The van der Waals surface area contributed by atoms with E-state index >= 15 is 0 Å². The van der Waals surface area contributed by atoms with Crippen molar-refractivity contribution in [3.05, 3.63) is 33.9 Å². The van der Waals surface area contributed by atoms with Crippen molar-refractivity contribution in [2.24, 2.45) is 0 Å². The summed E-state index contributed by atoms with van der Waals surface area (Å²) in [5, 5.41) is 13.8. The maximum absolute atomic E-state index is 10.6. The van der Waals surface area contributed by atoms with Gasteiger partial charge in [-0.25, -0.2) is 0 Å². The van der Waals surface area contributed by atoms with Crippen LogP contribution in [0.25, 0.3) is 0 Å². The molecule has 15 heavy (non-hydrogen) atoms. The number of hydrogen-bond donors (Lipinski definition) is 1. The molecule has 0 amide bonds. The molecule has 1 N–H and O–H groups in total. The summed E-state index contributed by atoms with van der Waals surface area (Å²) in [6.45, 7) is 2.76. The Kier molecular flexibility index (Phi) is 4.42. The Morgan fingerprint density at radius 3 is 2.87 bits per heavy atom. The predicted molar refractivity (Wildman–Crippen MR) is 64.7 cm³/mol. The van der Waals surface area contributed by atoms with Gasteiger partial charge < -0.3 is 5.32 Å². The number of nitro groups is 1. The predicted octanol–water partition coefficient (Wildman–Crippen LogP) is 2.68. The number of thioether (sulfide) groups is 1. The molecule has 1 rings (SSSR count). The zero-order valence-electron chi connectivity index (χ0n) is 8.82. The highest BCUT2D eigenvalue weighted by molar-refractivity contribution is 7.98. The Bertz CT molecular complexity index is 355. The monoisotopic (exact) mass is 226 g/mol. The van der Waals surface area contributed by atoms with Gasteiger partial charge in [0.05, 0.1) is 4.92 Å². The summed E-state index contributed by atoms with van der Waals surface area (Å²) in [5.41, 5.74) is 2.01. The Labute approximate surface area is 93.2 Å². The minimum Gasteiger partial charge on any atom is -0.384 e. The van der Waals surface area contributed by atoms with Crippen LogP contribution in [-0.2, 0) is 0 Å². The van der Waals surface area contributed by atoms with Crippen molar-refractivity contribution in [3.63, 3.8) is 0 Å². The van der Waals surface area contributed by atoms with Gasteiger partial charge in [0, 0.05) is 30.1 Å².